The maximum Gasteiger partial charge on any atom is 0.182 e. The summed E-state index contributed by atoms with van der Waals surface area (Å²) in [5.74, 6) is 0.596. The van der Waals surface area contributed by atoms with E-state index >= 15 is 0 Å². The van der Waals surface area contributed by atoms with Crippen LogP contribution in [-0.4, -0.2) is 24.7 Å². The van der Waals surface area contributed by atoms with Crippen molar-refractivity contribution < 1.29 is 9.18 Å². The molecule has 0 bridgehead atoms. The molecule has 0 atom stereocenters. The number of anilines is 1. The first-order chi connectivity index (χ1) is 12.2. The molecule has 0 saturated heterocycles. The Hall–Kier alpha value is -2.49. The highest BCUT2D eigenvalue weighted by molar-refractivity contribution is 6.07. The summed E-state index contributed by atoms with van der Waals surface area (Å²) in [6, 6.07) is 14.0. The summed E-state index contributed by atoms with van der Waals surface area (Å²) in [5, 5.41) is 0. The molecule has 2 aromatic rings. The van der Waals surface area contributed by atoms with E-state index in [0.717, 1.165) is 43.8 Å². The second-order valence-electron chi connectivity index (χ2n) is 6.29. The first-order valence-electron chi connectivity index (χ1n) is 8.86. The average molecular weight is 338 g/mol. The van der Waals surface area contributed by atoms with Crippen LogP contribution in [0.25, 0.3) is 0 Å². The van der Waals surface area contributed by atoms with Crippen LogP contribution in [0.2, 0.25) is 0 Å². The smallest absolute Gasteiger partial charge is 0.182 e. The fraction of sp³-hybridized carbons (Fsp3) is 0.333. The minimum atomic E-state index is -0.333. The molecule has 1 aliphatic rings. The third kappa shape index (κ3) is 4.32. The zero-order valence-electron chi connectivity index (χ0n) is 14.5. The van der Waals surface area contributed by atoms with Crippen LogP contribution in [0.3, 0.4) is 0 Å². The number of benzene rings is 2. The van der Waals surface area contributed by atoms with Crippen LogP contribution in [0.15, 0.2) is 53.5 Å². The Labute approximate surface area is 148 Å². The number of rotatable bonds is 5. The van der Waals surface area contributed by atoms with Gasteiger partial charge in [0.05, 0.1) is 6.54 Å². The molecule has 0 unspecified atom stereocenters. The van der Waals surface area contributed by atoms with E-state index in [1.165, 1.54) is 17.7 Å². The molecule has 0 saturated carbocycles. The van der Waals surface area contributed by atoms with Gasteiger partial charge in [0, 0.05) is 24.2 Å². The highest BCUT2D eigenvalue weighted by Gasteiger charge is 2.20. The van der Waals surface area contributed by atoms with Gasteiger partial charge < -0.3 is 4.90 Å². The lowest BCUT2D eigenvalue weighted by atomic mass is 10.1. The first kappa shape index (κ1) is 17.3. The van der Waals surface area contributed by atoms with E-state index in [1.54, 1.807) is 12.1 Å². The summed E-state index contributed by atoms with van der Waals surface area (Å²) in [6.45, 7) is 3.15. The Bertz CT molecular complexity index is 750. The number of nitrogens with zero attached hydrogens (tertiary/aromatic N) is 2. The van der Waals surface area contributed by atoms with Gasteiger partial charge in [-0.05, 0) is 61.2 Å². The molecule has 1 heterocycles. The minimum absolute atomic E-state index is 0.0344. The van der Waals surface area contributed by atoms with Crippen molar-refractivity contribution in [3.63, 3.8) is 0 Å². The zero-order chi connectivity index (χ0) is 17.6. The lowest BCUT2D eigenvalue weighted by molar-refractivity contribution is 0.100. The van der Waals surface area contributed by atoms with Crippen molar-refractivity contribution in [2.75, 3.05) is 18.0 Å². The molecule has 0 fully saturated rings. The third-order valence-electron chi connectivity index (χ3n) is 4.54. The molecule has 4 heteroatoms. The number of aryl methyl sites for hydroxylation is 1. The molecule has 0 radical (unpaired) electrons. The second-order valence-corrected chi connectivity index (χ2v) is 6.29. The van der Waals surface area contributed by atoms with Crippen LogP contribution in [0, 0.1) is 5.82 Å². The van der Waals surface area contributed by atoms with Crippen LogP contribution < -0.4 is 4.90 Å². The number of halogens is 1. The van der Waals surface area contributed by atoms with Gasteiger partial charge in [-0.2, -0.15) is 0 Å². The number of Topliss-reactive ketones (excluding diaryl/α,β-unsaturated/α-hetero) is 1. The predicted molar refractivity (Wildman–Crippen MR) is 100 cm³/mol. The summed E-state index contributed by atoms with van der Waals surface area (Å²) in [7, 11) is 0. The van der Waals surface area contributed by atoms with Crippen molar-refractivity contribution >= 4 is 17.3 Å². The number of amidine groups is 1. The lowest BCUT2D eigenvalue weighted by Crippen LogP contribution is -2.37. The van der Waals surface area contributed by atoms with Crippen molar-refractivity contribution in [3.8, 4) is 0 Å². The van der Waals surface area contributed by atoms with Crippen molar-refractivity contribution in [3.05, 3.63) is 65.5 Å². The van der Waals surface area contributed by atoms with E-state index in [4.69, 9.17) is 0 Å². The maximum atomic E-state index is 13.1. The van der Waals surface area contributed by atoms with Crippen molar-refractivity contribution in [1.29, 1.82) is 0 Å². The van der Waals surface area contributed by atoms with Crippen LogP contribution in [0.5, 0.6) is 0 Å². The lowest BCUT2D eigenvalue weighted by Gasteiger charge is -2.28. The fourth-order valence-corrected chi connectivity index (χ4v) is 3.02. The number of aliphatic imine (C=N–C) groups is 1. The number of carbonyl (C=O) groups excluding carboxylic acids is 1. The van der Waals surface area contributed by atoms with E-state index in [-0.39, 0.29) is 18.1 Å². The van der Waals surface area contributed by atoms with E-state index < -0.39 is 0 Å². The third-order valence-corrected chi connectivity index (χ3v) is 4.54. The summed E-state index contributed by atoms with van der Waals surface area (Å²) in [4.78, 5) is 19.3. The van der Waals surface area contributed by atoms with E-state index in [0.29, 0.717) is 5.56 Å². The Balaban J connectivity index is 1.86. The molecule has 0 N–H and O–H groups in total. The number of ketones is 1. The molecular formula is C21H23FN2O. The Morgan fingerprint density at radius 1 is 1.08 bits per heavy atom. The normalized spacial score (nSPS) is 14.1. The van der Waals surface area contributed by atoms with Gasteiger partial charge in [-0.15, -0.1) is 0 Å². The van der Waals surface area contributed by atoms with Gasteiger partial charge in [0.2, 0.25) is 0 Å². The summed E-state index contributed by atoms with van der Waals surface area (Å²) in [5.41, 5.74) is 2.76. The van der Waals surface area contributed by atoms with Gasteiger partial charge >= 0.3 is 0 Å². The topological polar surface area (TPSA) is 32.7 Å². The number of hydrogen-bond donors (Lipinski definition) is 0. The summed E-state index contributed by atoms with van der Waals surface area (Å²) >= 11 is 0. The summed E-state index contributed by atoms with van der Waals surface area (Å²) < 4.78 is 13.1. The number of hydrogen-bond acceptors (Lipinski definition) is 3. The van der Waals surface area contributed by atoms with Gasteiger partial charge in [-0.1, -0.05) is 19.1 Å². The Morgan fingerprint density at radius 3 is 2.40 bits per heavy atom. The van der Waals surface area contributed by atoms with Gasteiger partial charge in [0.15, 0.2) is 5.78 Å². The fourth-order valence-electron chi connectivity index (χ4n) is 3.02. The Kier molecular flexibility index (Phi) is 5.59. The van der Waals surface area contributed by atoms with Gasteiger partial charge in [-0.25, -0.2) is 4.39 Å². The number of carbonyl (C=O) groups is 1. The molecule has 0 aromatic heterocycles. The van der Waals surface area contributed by atoms with Crippen LogP contribution in [-0.2, 0) is 6.42 Å². The monoisotopic (exact) mass is 338 g/mol. The average Bonchev–Trinajstić information content (AvgIpc) is 2.67. The first-order valence-corrected chi connectivity index (χ1v) is 8.86. The van der Waals surface area contributed by atoms with Gasteiger partial charge in [0.1, 0.15) is 11.7 Å². The largest absolute Gasteiger partial charge is 0.322 e. The molecule has 1 aliphatic heterocycles. The molecule has 0 amide bonds. The van der Waals surface area contributed by atoms with E-state index in [2.05, 4.69) is 24.0 Å². The molecule has 0 spiro atoms. The van der Waals surface area contributed by atoms with Gasteiger partial charge in [0.25, 0.3) is 0 Å². The SMILES string of the molecule is CCc1ccc(N(CC(=O)c2ccc(F)cc2)C2=NCCCC2)cc1. The predicted octanol–water partition coefficient (Wildman–Crippen LogP) is 4.66. The highest BCUT2D eigenvalue weighted by atomic mass is 19.1. The molecular weight excluding hydrogens is 315 g/mol. The van der Waals surface area contributed by atoms with Crippen molar-refractivity contribution in [2.24, 2.45) is 4.99 Å². The van der Waals surface area contributed by atoms with Crippen LogP contribution in [0.1, 0.15) is 42.1 Å². The quantitative estimate of drug-likeness (QED) is 0.743. The van der Waals surface area contributed by atoms with Crippen molar-refractivity contribution in [1.82, 2.24) is 0 Å². The van der Waals surface area contributed by atoms with E-state index in [9.17, 15) is 9.18 Å². The van der Waals surface area contributed by atoms with Gasteiger partial charge in [-0.3, -0.25) is 9.79 Å². The molecule has 25 heavy (non-hydrogen) atoms. The minimum Gasteiger partial charge on any atom is -0.322 e. The molecule has 0 aliphatic carbocycles. The Morgan fingerprint density at radius 2 is 1.80 bits per heavy atom. The maximum absolute atomic E-state index is 13.1. The zero-order valence-corrected chi connectivity index (χ0v) is 14.5. The molecule has 130 valence electrons. The second kappa shape index (κ2) is 8.06. The molecule has 2 aromatic carbocycles. The molecule has 3 rings (SSSR count). The standard InChI is InChI=1S/C21H23FN2O/c1-2-16-6-12-19(13-7-16)24(21-5-3-4-14-23-21)15-20(25)17-8-10-18(22)11-9-17/h6-13H,2-5,14-15H2,1H3. The van der Waals surface area contributed by atoms with Crippen LogP contribution >= 0.6 is 0 Å². The summed E-state index contributed by atoms with van der Waals surface area (Å²) in [6.07, 6.45) is 4.05. The van der Waals surface area contributed by atoms with E-state index in [1.807, 2.05) is 17.0 Å². The molecule has 3 nitrogen and oxygen atoms in total. The van der Waals surface area contributed by atoms with Crippen LogP contribution in [0.4, 0.5) is 10.1 Å². The highest BCUT2D eigenvalue weighted by Crippen LogP contribution is 2.21. The van der Waals surface area contributed by atoms with Crippen molar-refractivity contribution in [2.45, 2.75) is 32.6 Å².